The fourth-order valence-electron chi connectivity index (χ4n) is 2.77. The summed E-state index contributed by atoms with van der Waals surface area (Å²) in [7, 11) is 3.69. The molecule has 0 aliphatic heterocycles. The molecule has 0 bridgehead atoms. The van der Waals surface area contributed by atoms with Crippen molar-refractivity contribution < 1.29 is 4.79 Å². The number of benzene rings is 1. The Morgan fingerprint density at radius 1 is 1.36 bits per heavy atom. The van der Waals surface area contributed by atoms with Gasteiger partial charge in [0.05, 0.1) is 17.3 Å². The zero-order valence-electron chi connectivity index (χ0n) is 13.3. The quantitative estimate of drug-likeness (QED) is 0.808. The lowest BCUT2D eigenvalue weighted by Gasteiger charge is -2.16. The van der Waals surface area contributed by atoms with Crippen molar-refractivity contribution in [2.45, 2.75) is 20.4 Å². The van der Waals surface area contributed by atoms with Crippen LogP contribution in [0.5, 0.6) is 0 Å². The van der Waals surface area contributed by atoms with Gasteiger partial charge in [-0.05, 0) is 25.5 Å². The van der Waals surface area contributed by atoms with Gasteiger partial charge in [-0.15, -0.1) is 0 Å². The van der Waals surface area contributed by atoms with Gasteiger partial charge in [0.1, 0.15) is 0 Å². The second-order valence-corrected chi connectivity index (χ2v) is 5.79. The van der Waals surface area contributed by atoms with Crippen LogP contribution in [0.25, 0.3) is 10.9 Å². The second-order valence-electron chi connectivity index (χ2n) is 5.79. The lowest BCUT2D eigenvalue weighted by Crippen LogP contribution is -2.26. The van der Waals surface area contributed by atoms with Gasteiger partial charge in [0.15, 0.2) is 0 Å². The van der Waals surface area contributed by atoms with Crippen LogP contribution in [0.1, 0.15) is 27.2 Å². The topological polar surface area (TPSA) is 53.9 Å². The lowest BCUT2D eigenvalue weighted by molar-refractivity contribution is 0.0787. The molecule has 3 rings (SSSR count). The van der Waals surface area contributed by atoms with Crippen LogP contribution >= 0.6 is 0 Å². The molecular formula is C17H20N4O. The number of H-pyrrole nitrogens is 1. The number of aromatic amines is 1. The summed E-state index contributed by atoms with van der Waals surface area (Å²) in [5, 5.41) is 5.25. The minimum Gasteiger partial charge on any atom is -0.358 e. The number of fused-ring (bicyclic) bond motifs is 1. The fraction of sp³-hybridized carbons (Fsp3) is 0.294. The number of carbonyl (C=O) groups excluding carboxylic acids is 1. The Labute approximate surface area is 129 Å². The first-order valence-corrected chi connectivity index (χ1v) is 7.28. The fourth-order valence-corrected chi connectivity index (χ4v) is 2.77. The Morgan fingerprint density at radius 3 is 2.82 bits per heavy atom. The van der Waals surface area contributed by atoms with Crippen LogP contribution < -0.4 is 0 Å². The van der Waals surface area contributed by atoms with Gasteiger partial charge >= 0.3 is 0 Å². The molecule has 0 saturated heterocycles. The SMILES string of the molecule is Cc1[nH]c2c(C(=O)N(C)Cc3cnn(C)c3)cccc2c1C. The molecule has 0 saturated carbocycles. The standard InChI is InChI=1S/C17H20N4O/c1-11-12(2)19-16-14(11)6-5-7-15(16)17(22)20(3)9-13-8-18-21(4)10-13/h5-8,10,19H,9H2,1-4H3. The number of hydrogen-bond donors (Lipinski definition) is 1. The maximum absolute atomic E-state index is 12.8. The molecule has 5 heteroatoms. The summed E-state index contributed by atoms with van der Waals surface area (Å²) in [5.74, 6) is 0.00991. The van der Waals surface area contributed by atoms with Gasteiger partial charge in [0.2, 0.25) is 0 Å². The van der Waals surface area contributed by atoms with E-state index in [1.165, 1.54) is 5.56 Å². The zero-order valence-corrected chi connectivity index (χ0v) is 13.3. The third-order valence-corrected chi connectivity index (χ3v) is 4.10. The molecule has 0 unspecified atom stereocenters. The molecule has 114 valence electrons. The maximum Gasteiger partial charge on any atom is 0.256 e. The predicted molar refractivity (Wildman–Crippen MR) is 86.8 cm³/mol. The van der Waals surface area contributed by atoms with Gasteiger partial charge in [-0.1, -0.05) is 12.1 Å². The number of carbonyl (C=O) groups is 1. The molecule has 3 aromatic rings. The number of hydrogen-bond acceptors (Lipinski definition) is 2. The van der Waals surface area contributed by atoms with Crippen molar-refractivity contribution in [3.05, 3.63) is 53.0 Å². The number of nitrogens with one attached hydrogen (secondary N) is 1. The summed E-state index contributed by atoms with van der Waals surface area (Å²) in [6, 6.07) is 5.86. The van der Waals surface area contributed by atoms with E-state index in [2.05, 4.69) is 17.0 Å². The normalized spacial score (nSPS) is 11.1. The maximum atomic E-state index is 12.8. The van der Waals surface area contributed by atoms with Crippen LogP contribution in [0.3, 0.4) is 0 Å². The van der Waals surface area contributed by atoms with Crippen LogP contribution in [0.15, 0.2) is 30.6 Å². The third-order valence-electron chi connectivity index (χ3n) is 4.10. The summed E-state index contributed by atoms with van der Waals surface area (Å²) in [6.45, 7) is 4.65. The van der Waals surface area contributed by atoms with Crippen LogP contribution in [0.2, 0.25) is 0 Å². The first kappa shape index (κ1) is 14.4. The molecule has 1 aromatic carbocycles. The van der Waals surface area contributed by atoms with Gasteiger partial charge < -0.3 is 9.88 Å². The molecule has 0 atom stereocenters. The van der Waals surface area contributed by atoms with Crippen molar-refractivity contribution in [2.75, 3.05) is 7.05 Å². The molecule has 0 aliphatic rings. The summed E-state index contributed by atoms with van der Waals surface area (Å²) in [5.41, 5.74) is 4.94. The minimum absolute atomic E-state index is 0.00991. The average molecular weight is 296 g/mol. The summed E-state index contributed by atoms with van der Waals surface area (Å²) in [4.78, 5) is 17.8. The molecule has 0 fully saturated rings. The van der Waals surface area contributed by atoms with Crippen molar-refractivity contribution in [1.29, 1.82) is 0 Å². The van der Waals surface area contributed by atoms with Crippen molar-refractivity contribution in [3.8, 4) is 0 Å². The molecule has 2 aromatic heterocycles. The largest absolute Gasteiger partial charge is 0.358 e. The molecule has 0 spiro atoms. The van der Waals surface area contributed by atoms with Gasteiger partial charge in [-0.25, -0.2) is 0 Å². The summed E-state index contributed by atoms with van der Waals surface area (Å²) < 4.78 is 1.74. The van der Waals surface area contributed by atoms with Gasteiger partial charge in [-0.2, -0.15) is 5.10 Å². The summed E-state index contributed by atoms with van der Waals surface area (Å²) in [6.07, 6.45) is 3.71. The zero-order chi connectivity index (χ0) is 15.9. The Morgan fingerprint density at radius 2 is 2.14 bits per heavy atom. The van der Waals surface area contributed by atoms with E-state index in [4.69, 9.17) is 0 Å². The molecule has 22 heavy (non-hydrogen) atoms. The molecule has 1 N–H and O–H groups in total. The Bertz CT molecular complexity index is 844. The van der Waals surface area contributed by atoms with E-state index < -0.39 is 0 Å². The smallest absolute Gasteiger partial charge is 0.256 e. The number of para-hydroxylation sites is 1. The van der Waals surface area contributed by atoms with Gasteiger partial charge in [0, 0.05) is 43.5 Å². The number of aromatic nitrogens is 3. The molecular weight excluding hydrogens is 276 g/mol. The summed E-state index contributed by atoms with van der Waals surface area (Å²) >= 11 is 0. The van der Waals surface area contributed by atoms with Gasteiger partial charge in [0.25, 0.3) is 5.91 Å². The van der Waals surface area contributed by atoms with Crippen LogP contribution in [0.4, 0.5) is 0 Å². The highest BCUT2D eigenvalue weighted by atomic mass is 16.2. The molecule has 5 nitrogen and oxygen atoms in total. The van der Waals surface area contributed by atoms with E-state index in [-0.39, 0.29) is 5.91 Å². The van der Waals surface area contributed by atoms with Crippen molar-refractivity contribution in [1.82, 2.24) is 19.7 Å². The molecule has 0 radical (unpaired) electrons. The highest BCUT2D eigenvalue weighted by Crippen LogP contribution is 2.25. The Kier molecular flexibility index (Phi) is 3.48. The number of amides is 1. The van der Waals surface area contributed by atoms with Crippen molar-refractivity contribution >= 4 is 16.8 Å². The second kappa shape index (κ2) is 5.33. The van der Waals surface area contributed by atoms with Crippen molar-refractivity contribution in [3.63, 3.8) is 0 Å². The Hall–Kier alpha value is -2.56. The Balaban J connectivity index is 1.93. The average Bonchev–Trinajstić information content (AvgIpc) is 3.02. The monoisotopic (exact) mass is 296 g/mol. The number of rotatable bonds is 3. The van der Waals surface area contributed by atoms with E-state index in [1.807, 2.05) is 45.4 Å². The number of nitrogens with zero attached hydrogens (tertiary/aromatic N) is 3. The molecule has 0 aliphatic carbocycles. The van der Waals surface area contributed by atoms with Crippen LogP contribution in [-0.4, -0.2) is 32.6 Å². The molecule has 1 amide bonds. The highest BCUT2D eigenvalue weighted by molar-refractivity contribution is 6.06. The van der Waals surface area contributed by atoms with Crippen LogP contribution in [-0.2, 0) is 13.6 Å². The van der Waals surface area contributed by atoms with E-state index in [0.717, 1.165) is 22.2 Å². The van der Waals surface area contributed by atoms with E-state index >= 15 is 0 Å². The minimum atomic E-state index is 0.00991. The first-order valence-electron chi connectivity index (χ1n) is 7.28. The number of aryl methyl sites for hydroxylation is 3. The van der Waals surface area contributed by atoms with Crippen molar-refractivity contribution in [2.24, 2.45) is 7.05 Å². The van der Waals surface area contributed by atoms with Crippen LogP contribution in [0, 0.1) is 13.8 Å². The van der Waals surface area contributed by atoms with Gasteiger partial charge in [-0.3, -0.25) is 9.48 Å². The highest BCUT2D eigenvalue weighted by Gasteiger charge is 2.17. The first-order chi connectivity index (χ1) is 10.5. The van der Waals surface area contributed by atoms with E-state index in [1.54, 1.807) is 15.8 Å². The lowest BCUT2D eigenvalue weighted by atomic mass is 10.1. The third kappa shape index (κ3) is 2.39. The molecule has 2 heterocycles. The van der Waals surface area contributed by atoms with E-state index in [9.17, 15) is 4.79 Å². The predicted octanol–water partition coefficient (Wildman–Crippen LogP) is 2.79. The van der Waals surface area contributed by atoms with E-state index in [0.29, 0.717) is 12.1 Å².